The van der Waals surface area contributed by atoms with Crippen LogP contribution < -0.4 is 14.4 Å². The van der Waals surface area contributed by atoms with Gasteiger partial charge in [0.1, 0.15) is 21.3 Å². The highest BCUT2D eigenvalue weighted by Crippen LogP contribution is 2.35. The molecule has 0 bridgehead atoms. The molecule has 196 valence electrons. The molecule has 4 rings (SSSR count). The van der Waals surface area contributed by atoms with E-state index in [9.17, 15) is 21.9 Å². The maximum atomic E-state index is 13.6. The third-order valence-corrected chi connectivity index (χ3v) is 9.93. The number of hydrogen-bond donors (Lipinski definition) is 1. The van der Waals surface area contributed by atoms with Gasteiger partial charge in [-0.1, -0.05) is 11.3 Å². The van der Waals surface area contributed by atoms with Gasteiger partial charge in [0.15, 0.2) is 5.13 Å². The molecule has 0 unspecified atom stereocenters. The Morgan fingerprint density at radius 2 is 1.86 bits per heavy atom. The van der Waals surface area contributed by atoms with Crippen LogP contribution in [0.15, 0.2) is 41.3 Å². The van der Waals surface area contributed by atoms with E-state index in [0.717, 1.165) is 5.13 Å². The number of fused-ring (bicyclic) bond motifs is 1. The van der Waals surface area contributed by atoms with Crippen molar-refractivity contribution in [3.05, 3.63) is 42.0 Å². The molecule has 2 aromatic carbocycles. The highest BCUT2D eigenvalue weighted by Gasteiger charge is 2.32. The number of nitrogens with zero attached hydrogens (tertiary/aromatic N) is 3. The van der Waals surface area contributed by atoms with Crippen molar-refractivity contribution in [1.82, 2.24) is 9.29 Å². The van der Waals surface area contributed by atoms with Crippen LogP contribution in [-0.4, -0.2) is 83.7 Å². The van der Waals surface area contributed by atoms with Crippen LogP contribution in [0.2, 0.25) is 0 Å². The Labute approximate surface area is 215 Å². The van der Waals surface area contributed by atoms with Crippen LogP contribution in [0.3, 0.4) is 0 Å². The molecule has 36 heavy (non-hydrogen) atoms. The lowest BCUT2D eigenvalue weighted by Crippen LogP contribution is -2.49. The Balaban J connectivity index is 1.58. The molecule has 0 amide bonds. The molecular weight excluding hydrogens is 526 g/mol. The Hall–Kier alpha value is -2.45. The van der Waals surface area contributed by atoms with Crippen LogP contribution in [0.5, 0.6) is 11.5 Å². The first-order valence-electron chi connectivity index (χ1n) is 11.2. The summed E-state index contributed by atoms with van der Waals surface area (Å²) in [5, 5.41) is 10.3. The van der Waals surface area contributed by atoms with Gasteiger partial charge in [-0.05, 0) is 36.4 Å². The zero-order valence-electron chi connectivity index (χ0n) is 20.2. The molecule has 0 radical (unpaired) electrons. The molecule has 1 saturated heterocycles. The van der Waals surface area contributed by atoms with Crippen molar-refractivity contribution in [2.24, 2.45) is 5.92 Å². The number of sulfone groups is 1. The maximum absolute atomic E-state index is 13.6. The van der Waals surface area contributed by atoms with Crippen LogP contribution in [0.1, 0.15) is 5.56 Å². The van der Waals surface area contributed by atoms with E-state index in [1.165, 1.54) is 42.2 Å². The highest BCUT2D eigenvalue weighted by molar-refractivity contribution is 7.90. The minimum absolute atomic E-state index is 0.00918. The van der Waals surface area contributed by atoms with Crippen LogP contribution in [0.25, 0.3) is 10.2 Å². The van der Waals surface area contributed by atoms with E-state index < -0.39 is 19.9 Å². The lowest BCUT2D eigenvalue weighted by molar-refractivity contribution is 0.249. The van der Waals surface area contributed by atoms with E-state index in [-0.39, 0.29) is 36.3 Å². The first-order valence-corrected chi connectivity index (χ1v) is 15.5. The van der Waals surface area contributed by atoms with Crippen molar-refractivity contribution in [2.75, 3.05) is 57.4 Å². The normalized spacial score (nSPS) is 14.9. The summed E-state index contributed by atoms with van der Waals surface area (Å²) in [7, 11) is -3.95. The van der Waals surface area contributed by atoms with E-state index in [1.807, 2.05) is 4.90 Å². The molecule has 13 heteroatoms. The van der Waals surface area contributed by atoms with Gasteiger partial charge in [0.05, 0.1) is 41.7 Å². The lowest BCUT2D eigenvalue weighted by Gasteiger charge is -2.38. The molecule has 2 heterocycles. The second-order valence-corrected chi connectivity index (χ2v) is 13.9. The molecule has 1 N–H and O–H groups in total. The molecule has 0 saturated carbocycles. The molecule has 1 aromatic heterocycles. The molecular formula is C23H29N3O7S3. The standard InChI is InChI=1S/C23H29N3O7S3/c1-32-18-4-7-21(33-2)17(10-18)14-26(8-9-27)36(30,31)19-5-6-20-22(11-19)34-23(24-20)25-12-16(13-25)15-35(3,28)29/h4-7,10-11,16,27H,8-9,12-15H2,1-3H3. The number of aliphatic hydroxyl groups is 1. The molecule has 1 fully saturated rings. The Morgan fingerprint density at radius 1 is 1.11 bits per heavy atom. The monoisotopic (exact) mass is 555 g/mol. The minimum Gasteiger partial charge on any atom is -0.497 e. The fraction of sp³-hybridized carbons (Fsp3) is 0.435. The van der Waals surface area contributed by atoms with Crippen LogP contribution in [-0.2, 0) is 26.4 Å². The number of thiazole rings is 1. The highest BCUT2D eigenvalue weighted by atomic mass is 32.2. The number of benzene rings is 2. The van der Waals surface area contributed by atoms with Crippen LogP contribution in [0.4, 0.5) is 5.13 Å². The van der Waals surface area contributed by atoms with Crippen molar-refractivity contribution < 1.29 is 31.4 Å². The van der Waals surface area contributed by atoms with Crippen molar-refractivity contribution in [2.45, 2.75) is 11.4 Å². The Kier molecular flexibility index (Phi) is 7.76. The smallest absolute Gasteiger partial charge is 0.243 e. The second-order valence-electron chi connectivity index (χ2n) is 8.73. The molecule has 0 aliphatic carbocycles. The topological polar surface area (TPSA) is 126 Å². The van der Waals surface area contributed by atoms with Crippen molar-refractivity contribution >= 4 is 46.5 Å². The summed E-state index contributed by atoms with van der Waals surface area (Å²) in [4.78, 5) is 6.69. The Morgan fingerprint density at radius 3 is 2.50 bits per heavy atom. The van der Waals surface area contributed by atoms with Crippen LogP contribution in [0, 0.1) is 5.92 Å². The zero-order valence-corrected chi connectivity index (χ0v) is 22.7. The summed E-state index contributed by atoms with van der Waals surface area (Å²) in [6.07, 6.45) is 1.24. The lowest BCUT2D eigenvalue weighted by atomic mass is 10.0. The Bertz CT molecular complexity index is 1450. The zero-order chi connectivity index (χ0) is 26.1. The second kappa shape index (κ2) is 10.5. The van der Waals surface area contributed by atoms with Gasteiger partial charge < -0.3 is 19.5 Å². The molecule has 10 nitrogen and oxygen atoms in total. The van der Waals surface area contributed by atoms with Gasteiger partial charge in [-0.15, -0.1) is 0 Å². The first kappa shape index (κ1) is 26.6. The van der Waals surface area contributed by atoms with Crippen molar-refractivity contribution in [3.63, 3.8) is 0 Å². The fourth-order valence-electron chi connectivity index (χ4n) is 4.19. The average molecular weight is 556 g/mol. The number of ether oxygens (including phenoxy) is 2. The van der Waals surface area contributed by atoms with E-state index in [2.05, 4.69) is 4.98 Å². The number of rotatable bonds is 11. The minimum atomic E-state index is -3.95. The van der Waals surface area contributed by atoms with Crippen LogP contribution >= 0.6 is 11.3 Å². The van der Waals surface area contributed by atoms with Gasteiger partial charge in [0, 0.05) is 43.9 Å². The number of anilines is 1. The quantitative estimate of drug-likeness (QED) is 0.378. The molecule has 1 aliphatic heterocycles. The summed E-state index contributed by atoms with van der Waals surface area (Å²) in [6, 6.07) is 9.91. The molecule has 1 aliphatic rings. The number of aliphatic hydroxyl groups excluding tert-OH is 1. The number of sulfonamides is 1. The predicted molar refractivity (Wildman–Crippen MR) is 139 cm³/mol. The van der Waals surface area contributed by atoms with Gasteiger partial charge in [-0.3, -0.25) is 0 Å². The third kappa shape index (κ3) is 5.75. The van der Waals surface area contributed by atoms with E-state index in [0.29, 0.717) is 40.4 Å². The summed E-state index contributed by atoms with van der Waals surface area (Å²) in [5.41, 5.74) is 1.28. The maximum Gasteiger partial charge on any atom is 0.243 e. The fourth-order valence-corrected chi connectivity index (χ4v) is 7.79. The molecule has 0 spiro atoms. The summed E-state index contributed by atoms with van der Waals surface area (Å²) >= 11 is 1.37. The third-order valence-electron chi connectivity index (χ3n) is 5.94. The SMILES string of the molecule is COc1ccc(OC)c(CN(CCO)S(=O)(=O)c2ccc3nc(N4CC(CS(C)(=O)=O)C4)sc3c2)c1. The predicted octanol–water partition coefficient (Wildman–Crippen LogP) is 1.98. The summed E-state index contributed by atoms with van der Waals surface area (Å²) < 4.78 is 62.7. The van der Waals surface area contributed by atoms with Gasteiger partial charge in [0.2, 0.25) is 10.0 Å². The average Bonchev–Trinajstić information content (AvgIpc) is 3.23. The van der Waals surface area contributed by atoms with Crippen molar-refractivity contribution in [3.8, 4) is 11.5 Å². The largest absolute Gasteiger partial charge is 0.497 e. The number of aromatic nitrogens is 1. The summed E-state index contributed by atoms with van der Waals surface area (Å²) in [5.74, 6) is 1.30. The van der Waals surface area contributed by atoms with Crippen molar-refractivity contribution in [1.29, 1.82) is 0 Å². The number of methoxy groups -OCH3 is 2. The van der Waals surface area contributed by atoms with Gasteiger partial charge >= 0.3 is 0 Å². The first-order chi connectivity index (χ1) is 17.0. The van der Waals surface area contributed by atoms with E-state index >= 15 is 0 Å². The van der Waals surface area contributed by atoms with Gasteiger partial charge in [-0.25, -0.2) is 21.8 Å². The molecule has 3 aromatic rings. The van der Waals surface area contributed by atoms with E-state index in [1.54, 1.807) is 30.3 Å². The van der Waals surface area contributed by atoms with Gasteiger partial charge in [-0.2, -0.15) is 4.31 Å². The molecule has 0 atom stereocenters. The van der Waals surface area contributed by atoms with E-state index in [4.69, 9.17) is 9.47 Å². The number of hydrogen-bond acceptors (Lipinski definition) is 10. The summed E-state index contributed by atoms with van der Waals surface area (Å²) in [6.45, 7) is 0.756. The van der Waals surface area contributed by atoms with Gasteiger partial charge in [0.25, 0.3) is 0 Å².